The van der Waals surface area contributed by atoms with Crippen LogP contribution in [0.25, 0.3) is 50.3 Å². The van der Waals surface area contributed by atoms with Crippen molar-refractivity contribution in [3.8, 4) is 57.5 Å². The van der Waals surface area contributed by atoms with Crippen LogP contribution in [0, 0.1) is 41.4 Å². The van der Waals surface area contributed by atoms with Gasteiger partial charge in [-0.15, -0.1) is 11.6 Å². The van der Waals surface area contributed by atoms with Gasteiger partial charge in [0.2, 0.25) is 11.1 Å². The van der Waals surface area contributed by atoms with E-state index in [1.807, 2.05) is 122 Å². The van der Waals surface area contributed by atoms with Crippen molar-refractivity contribution >= 4 is 104 Å². The van der Waals surface area contributed by atoms with E-state index in [1.54, 1.807) is 92.6 Å². The molecule has 608 valence electrons. The van der Waals surface area contributed by atoms with Gasteiger partial charge in [-0.1, -0.05) is 111 Å². The number of alkyl halides is 1. The molecule has 9 N–H and O–H groups in total. The maximum absolute atomic E-state index is 13.1. The molecule has 4 unspecified atom stereocenters. The molecule has 29 heteroatoms. The molecule has 12 aromatic rings. The number of nitrogens with one attached hydrogen (secondary N) is 2. The lowest BCUT2D eigenvalue weighted by Crippen LogP contribution is -2.47. The van der Waals surface area contributed by atoms with Crippen molar-refractivity contribution < 1.29 is 38.7 Å². The van der Waals surface area contributed by atoms with Gasteiger partial charge < -0.3 is 42.7 Å². The molecular weight excluding hydrogens is 1550 g/mol. The fraction of sp³-hybridized carbons (Fsp3) is 0.289. The number of fused-ring (bicyclic) bond motifs is 5. The zero-order valence-electron chi connectivity index (χ0n) is 66.6. The predicted octanol–water partition coefficient (Wildman–Crippen LogP) is 14.1. The Balaban J connectivity index is 0.000000153. The third-order valence-electron chi connectivity index (χ3n) is 21.5. The molecule has 3 saturated heterocycles. The highest BCUT2D eigenvalue weighted by Gasteiger charge is 2.44. The van der Waals surface area contributed by atoms with Crippen molar-refractivity contribution in [3.63, 3.8) is 0 Å². The number of carboxylic acids is 1. The summed E-state index contributed by atoms with van der Waals surface area (Å²) in [7, 11) is 0. The number of likely N-dealkylation sites (tertiary alicyclic amines) is 2. The minimum absolute atomic E-state index is 0.00887. The van der Waals surface area contributed by atoms with Gasteiger partial charge in [-0.3, -0.25) is 51.9 Å². The van der Waals surface area contributed by atoms with E-state index >= 15 is 0 Å². The molecule has 3 amide bonds. The molecule has 4 fully saturated rings. The van der Waals surface area contributed by atoms with Gasteiger partial charge in [0, 0.05) is 137 Å². The molecular formula is C90H91Cl2N19O8. The van der Waals surface area contributed by atoms with Crippen molar-refractivity contribution in [2.24, 2.45) is 17.8 Å². The summed E-state index contributed by atoms with van der Waals surface area (Å²) >= 11 is 9.95. The Morgan fingerprint density at radius 2 is 0.975 bits per heavy atom. The van der Waals surface area contributed by atoms with Crippen molar-refractivity contribution in [2.75, 3.05) is 28.4 Å². The second kappa shape index (κ2) is 39.1. The lowest BCUT2D eigenvalue weighted by atomic mass is 9.86. The van der Waals surface area contributed by atoms with Crippen LogP contribution in [0.2, 0.25) is 0 Å². The van der Waals surface area contributed by atoms with E-state index < -0.39 is 5.97 Å². The van der Waals surface area contributed by atoms with Crippen LogP contribution in [0.4, 0.5) is 23.3 Å². The van der Waals surface area contributed by atoms with Crippen LogP contribution in [0.3, 0.4) is 0 Å². The van der Waals surface area contributed by atoms with Gasteiger partial charge in [0.05, 0.1) is 31.0 Å². The molecule has 1 saturated carbocycles. The highest BCUT2D eigenvalue weighted by atomic mass is 35.5. The smallest absolute Gasteiger partial charge is 0.381 e. The van der Waals surface area contributed by atoms with Crippen LogP contribution in [0.5, 0.6) is 0 Å². The SMILES string of the molecule is C=CC(=O)N1C(C)CC[C@@H](C)C1c1nc(-c2ccc(C(=O)Cc3ccccn3)cc2)c2c(N)nccn12.CC#CC(=O)N1C(C)CC[C@@H](C)C1c1nc(-c2ccc(C(=O)Cc3ccccn3)cc2)c2c(N)nccn12.CC#CC(=O)O.Nc1nccn2c([C@H]3N[C@@H]4CC[C@H]3C4)nc(-c3ccc(C(=O)Nc4ccccn4)cc3)c12.O=C(Cl)CCCl. The number of piperidine rings is 3. The highest BCUT2D eigenvalue weighted by Crippen LogP contribution is 2.46. The van der Waals surface area contributed by atoms with Gasteiger partial charge in [-0.05, 0) is 163 Å². The first-order chi connectivity index (χ1) is 57.5. The number of imidazole rings is 3. The number of carboxylic acid groups (broad SMARTS) is 1. The third-order valence-corrected chi connectivity index (χ3v) is 21.9. The number of nitrogens with two attached hydrogens (primary N) is 3. The van der Waals surface area contributed by atoms with E-state index in [2.05, 4.69) is 97.0 Å². The normalized spacial score (nSPS) is 18.8. The van der Waals surface area contributed by atoms with Crippen LogP contribution >= 0.6 is 23.2 Å². The Kier molecular flexibility index (Phi) is 27.9. The third kappa shape index (κ3) is 19.7. The summed E-state index contributed by atoms with van der Waals surface area (Å²) in [6.07, 6.45) is 25.2. The topological polar surface area (TPSA) is 378 Å². The maximum Gasteiger partial charge on any atom is 0.381 e. The van der Waals surface area contributed by atoms with Gasteiger partial charge in [0.15, 0.2) is 11.6 Å². The molecule has 4 aliphatic rings. The number of carbonyl (C=O) groups is 7. The minimum atomic E-state index is -1.07. The number of carbonyl (C=O) groups excluding carboxylic acids is 6. The van der Waals surface area contributed by atoms with Crippen LogP contribution in [0.15, 0.2) is 196 Å². The fourth-order valence-corrected chi connectivity index (χ4v) is 16.2. The molecule has 119 heavy (non-hydrogen) atoms. The molecule has 3 aromatic carbocycles. The number of hydrogen-bond donors (Lipinski definition) is 6. The van der Waals surface area contributed by atoms with Crippen molar-refractivity contribution in [1.29, 1.82) is 0 Å². The molecule has 0 radical (unpaired) electrons. The highest BCUT2D eigenvalue weighted by molar-refractivity contribution is 6.63. The van der Waals surface area contributed by atoms with E-state index in [4.69, 9.17) is 60.5 Å². The number of nitrogen functional groups attached to an aromatic ring is 3. The second-order valence-electron chi connectivity index (χ2n) is 29.4. The number of amides is 3. The van der Waals surface area contributed by atoms with Crippen LogP contribution in [-0.4, -0.2) is 137 Å². The van der Waals surface area contributed by atoms with Crippen LogP contribution < -0.4 is 27.8 Å². The van der Waals surface area contributed by atoms with Gasteiger partial charge in [0.25, 0.3) is 11.8 Å². The summed E-state index contributed by atoms with van der Waals surface area (Å²) in [5, 5.41) is 13.9. The predicted molar refractivity (Wildman–Crippen MR) is 458 cm³/mol. The molecule has 12 heterocycles. The van der Waals surface area contributed by atoms with Crippen molar-refractivity contribution in [2.45, 2.75) is 142 Å². The summed E-state index contributed by atoms with van der Waals surface area (Å²) in [4.78, 5) is 128. The molecule has 0 spiro atoms. The summed E-state index contributed by atoms with van der Waals surface area (Å²) in [5.41, 5.74) is 29.0. The second-order valence-corrected chi connectivity index (χ2v) is 30.2. The minimum Gasteiger partial charge on any atom is -0.472 e. The first-order valence-electron chi connectivity index (χ1n) is 39.1. The summed E-state index contributed by atoms with van der Waals surface area (Å²) in [5.74, 6) is 13.4. The van der Waals surface area contributed by atoms with Gasteiger partial charge >= 0.3 is 5.97 Å². The molecule has 2 bridgehead atoms. The summed E-state index contributed by atoms with van der Waals surface area (Å²) in [6, 6.07) is 39.0. The number of Topliss-reactive ketones (excluding diaryl/α,β-unsaturated/α-hetero) is 2. The van der Waals surface area contributed by atoms with E-state index in [9.17, 15) is 33.6 Å². The quantitative estimate of drug-likeness (QED) is 0.0162. The number of aliphatic carboxylic acids is 1. The first kappa shape index (κ1) is 85.0. The number of hydrogen-bond acceptors (Lipinski definition) is 20. The average molecular weight is 1640 g/mol. The monoisotopic (exact) mass is 1640 g/mol. The Hall–Kier alpha value is -13.3. The van der Waals surface area contributed by atoms with E-state index in [0.29, 0.717) is 80.2 Å². The number of anilines is 4. The zero-order chi connectivity index (χ0) is 84.6. The fourth-order valence-electron chi connectivity index (χ4n) is 15.8. The lowest BCUT2D eigenvalue weighted by molar-refractivity contribution is -0.135. The average Bonchev–Trinajstić information content (AvgIpc) is 1.61. The number of ketones is 2. The Morgan fingerprint density at radius 1 is 0.538 bits per heavy atom. The lowest BCUT2D eigenvalue weighted by Gasteiger charge is -2.43. The Labute approximate surface area is 698 Å². The van der Waals surface area contributed by atoms with Crippen molar-refractivity contribution in [1.82, 2.24) is 73.2 Å². The largest absolute Gasteiger partial charge is 0.472 e. The van der Waals surface area contributed by atoms with E-state index in [-0.39, 0.29) is 95.8 Å². The Bertz CT molecular complexity index is 5830. The summed E-state index contributed by atoms with van der Waals surface area (Å²) < 4.78 is 5.95. The van der Waals surface area contributed by atoms with Gasteiger partial charge in [0.1, 0.15) is 74.4 Å². The Morgan fingerprint density at radius 3 is 1.35 bits per heavy atom. The molecule has 27 nitrogen and oxygen atoms in total. The van der Waals surface area contributed by atoms with Crippen molar-refractivity contribution in [3.05, 3.63) is 241 Å². The van der Waals surface area contributed by atoms with E-state index in [1.165, 1.54) is 32.3 Å². The maximum atomic E-state index is 13.1. The molecule has 9 aromatic heterocycles. The van der Waals surface area contributed by atoms with Gasteiger partial charge in [-0.2, -0.15) is 0 Å². The number of aromatic nitrogens is 12. The van der Waals surface area contributed by atoms with Crippen LogP contribution in [-0.2, 0) is 32.0 Å². The van der Waals surface area contributed by atoms with Gasteiger partial charge in [-0.25, -0.2) is 39.7 Å². The molecule has 16 rings (SSSR count). The molecule has 9 atom stereocenters. The number of halogens is 2. The molecule has 1 aliphatic carbocycles. The molecule has 3 aliphatic heterocycles. The zero-order valence-corrected chi connectivity index (χ0v) is 68.1. The number of benzene rings is 3. The van der Waals surface area contributed by atoms with E-state index in [0.717, 1.165) is 82.4 Å². The number of nitrogens with zero attached hydrogens (tertiary/aromatic N) is 14. The summed E-state index contributed by atoms with van der Waals surface area (Å²) in [6.45, 7) is 15.3. The van der Waals surface area contributed by atoms with Crippen LogP contribution in [0.1, 0.15) is 171 Å². The standard InChI is InChI=1S/C30H30N6O2.C29H30N6O2.C24H23N7O.C4H4O2.C3H4Cl2O/c1-4-7-25(38)36-20(3)10-9-19(2)27(36)30-34-26(28-29(31)33-16-17-35(28)30)22-13-11-21(12-14-22)24(37)18-23-8-5-6-15-32-23;1-4-24(37)35-19(3)9-8-18(2)26(35)29-33-25(27-28(30)32-15-16-34(27)29)21-12-10-20(11-13-21)23(36)17-22-7-5-6-14-31-22;25-22-21-19(14-4-6-15(7-5-14)24(32)29-18-3-1-2-10-26-18)30-23(31(21)12-11-27-22)20-16-8-9-17(13-16)28-20;1-2-3-4(5)6;4-2-1-3(5)6/h5-6,8,11-17,19-20,27H,9-10,18H2,1-3H3,(H2,31,33);4-7,10-16,18-19,26H,1,8-9,17H2,2-3H3,(H2,30,32);1-7,10-12,16-17,20,28H,8-9,13H2,(H2,25,27)(H,26,29,32);1H3,(H,5,6);1-2H2/t19-,20?,27?;18-,19?,26?;16-,17+,20-;;/m110../s1. The first-order valence-corrected chi connectivity index (χ1v) is 40.0. The number of rotatable bonds is 17. The number of pyridine rings is 3.